The van der Waals surface area contributed by atoms with Crippen molar-refractivity contribution in [3.63, 3.8) is 0 Å². The molecule has 0 aliphatic heterocycles. The number of amides is 2. The summed E-state index contributed by atoms with van der Waals surface area (Å²) >= 11 is 5.74. The van der Waals surface area contributed by atoms with Crippen LogP contribution in [0.1, 0.15) is 44.7 Å². The van der Waals surface area contributed by atoms with Crippen LogP contribution in [0.25, 0.3) is 0 Å². The number of benzene rings is 2. The van der Waals surface area contributed by atoms with Gasteiger partial charge in [-0.25, -0.2) is 0 Å². The quantitative estimate of drug-likeness (QED) is 0.410. The first-order chi connectivity index (χ1) is 13.8. The van der Waals surface area contributed by atoms with E-state index in [-0.39, 0.29) is 18.6 Å². The first-order valence-corrected chi connectivity index (χ1v) is 9.25. The molecule has 29 heavy (non-hydrogen) atoms. The summed E-state index contributed by atoms with van der Waals surface area (Å²) in [4.78, 5) is 47.6. The molecule has 2 rings (SSSR count). The van der Waals surface area contributed by atoms with Crippen LogP contribution in [0.2, 0.25) is 5.02 Å². The number of hydrazine groups is 1. The number of halogens is 1. The highest BCUT2D eigenvalue weighted by Gasteiger charge is 2.14. The highest BCUT2D eigenvalue weighted by Crippen LogP contribution is 2.14. The van der Waals surface area contributed by atoms with Crippen LogP contribution in [0.4, 0.5) is 0 Å². The van der Waals surface area contributed by atoms with Crippen LogP contribution >= 0.6 is 11.6 Å². The van der Waals surface area contributed by atoms with E-state index in [1.807, 2.05) is 26.0 Å². The van der Waals surface area contributed by atoms with Crippen molar-refractivity contribution in [3.8, 4) is 0 Å². The number of Topliss-reactive ketones (excluding diaryl/α,β-unsaturated/α-hetero) is 1. The Kier molecular flexibility index (Phi) is 7.91. The number of carbonyl (C=O) groups excluding carboxylic acids is 4. The van der Waals surface area contributed by atoms with Crippen LogP contribution in [0, 0.1) is 13.8 Å². The van der Waals surface area contributed by atoms with E-state index in [9.17, 15) is 19.2 Å². The monoisotopic (exact) mass is 416 g/mol. The number of hydrogen-bond donors (Lipinski definition) is 2. The molecule has 2 N–H and O–H groups in total. The van der Waals surface area contributed by atoms with Crippen LogP contribution in [0.15, 0.2) is 42.5 Å². The van der Waals surface area contributed by atoms with E-state index in [1.54, 1.807) is 18.2 Å². The summed E-state index contributed by atoms with van der Waals surface area (Å²) < 4.78 is 4.83. The number of esters is 1. The lowest BCUT2D eigenvalue weighted by Crippen LogP contribution is -2.43. The zero-order valence-corrected chi connectivity index (χ0v) is 16.8. The SMILES string of the molecule is Cc1ccc(C)c(C(=O)CCC(=O)OCC(=O)NNC(=O)c2ccc(Cl)cc2)c1. The van der Waals surface area contributed by atoms with Crippen LogP contribution in [-0.4, -0.2) is 30.2 Å². The van der Waals surface area contributed by atoms with Gasteiger partial charge in [0.2, 0.25) is 0 Å². The molecule has 0 saturated carbocycles. The molecule has 0 fully saturated rings. The Hall–Kier alpha value is -3.19. The lowest BCUT2D eigenvalue weighted by Gasteiger charge is -2.09. The topological polar surface area (TPSA) is 102 Å². The molecular formula is C21H21ClN2O5. The molecule has 0 bridgehead atoms. The van der Waals surface area contributed by atoms with Crippen LogP contribution in [0.3, 0.4) is 0 Å². The third-order valence-electron chi connectivity index (χ3n) is 4.04. The molecule has 0 atom stereocenters. The van der Waals surface area contributed by atoms with Gasteiger partial charge in [-0.05, 0) is 49.7 Å². The maximum atomic E-state index is 12.3. The second kappa shape index (κ2) is 10.4. The molecule has 0 aliphatic rings. The minimum Gasteiger partial charge on any atom is -0.455 e. The van der Waals surface area contributed by atoms with Gasteiger partial charge in [-0.15, -0.1) is 0 Å². The average Bonchev–Trinajstić information content (AvgIpc) is 2.70. The van der Waals surface area contributed by atoms with E-state index in [2.05, 4.69) is 10.9 Å². The first-order valence-electron chi connectivity index (χ1n) is 8.87. The molecule has 152 valence electrons. The summed E-state index contributed by atoms with van der Waals surface area (Å²) in [6.07, 6.45) is -0.158. The standard InChI is InChI=1S/C21H21ClN2O5/c1-13-3-4-14(2)17(11-13)18(25)9-10-20(27)29-12-19(26)23-24-21(28)15-5-7-16(22)8-6-15/h3-8,11H,9-10,12H2,1-2H3,(H,23,26)(H,24,28). The van der Waals surface area contributed by atoms with Crippen molar-refractivity contribution in [2.75, 3.05) is 6.61 Å². The number of hydrogen-bond acceptors (Lipinski definition) is 5. The van der Waals surface area contributed by atoms with Gasteiger partial charge < -0.3 is 4.74 Å². The van der Waals surface area contributed by atoms with E-state index in [4.69, 9.17) is 16.3 Å². The number of carbonyl (C=O) groups is 4. The Labute approximate surface area is 173 Å². The lowest BCUT2D eigenvalue weighted by molar-refractivity contribution is -0.148. The molecule has 0 spiro atoms. The fraction of sp³-hybridized carbons (Fsp3) is 0.238. The second-order valence-electron chi connectivity index (χ2n) is 6.41. The maximum absolute atomic E-state index is 12.3. The normalized spacial score (nSPS) is 10.2. The summed E-state index contributed by atoms with van der Waals surface area (Å²) in [5.41, 5.74) is 7.01. The molecule has 0 heterocycles. The van der Waals surface area contributed by atoms with Crippen LogP contribution in [0.5, 0.6) is 0 Å². The largest absolute Gasteiger partial charge is 0.455 e. The number of nitrogens with one attached hydrogen (secondary N) is 2. The van der Waals surface area contributed by atoms with Gasteiger partial charge in [0.25, 0.3) is 11.8 Å². The molecule has 8 heteroatoms. The average molecular weight is 417 g/mol. The van der Waals surface area contributed by atoms with Crippen molar-refractivity contribution < 1.29 is 23.9 Å². The molecule has 0 saturated heterocycles. The minimum absolute atomic E-state index is 0.0158. The van der Waals surface area contributed by atoms with Gasteiger partial charge in [0.1, 0.15) is 0 Å². The van der Waals surface area contributed by atoms with Crippen molar-refractivity contribution in [3.05, 3.63) is 69.7 Å². The van der Waals surface area contributed by atoms with E-state index in [0.717, 1.165) is 11.1 Å². The number of rotatable bonds is 7. The van der Waals surface area contributed by atoms with E-state index in [0.29, 0.717) is 16.1 Å². The highest BCUT2D eigenvalue weighted by molar-refractivity contribution is 6.30. The number of ether oxygens (including phenoxy) is 1. The fourth-order valence-electron chi connectivity index (χ4n) is 2.44. The second-order valence-corrected chi connectivity index (χ2v) is 6.85. The van der Waals surface area contributed by atoms with Gasteiger partial charge in [0.05, 0.1) is 6.42 Å². The predicted octanol–water partition coefficient (Wildman–Crippen LogP) is 2.92. The number of aryl methyl sites for hydroxylation is 2. The van der Waals surface area contributed by atoms with Gasteiger partial charge in [0.15, 0.2) is 12.4 Å². The number of ketones is 1. The molecule has 0 radical (unpaired) electrons. The van der Waals surface area contributed by atoms with Crippen molar-refractivity contribution >= 4 is 35.2 Å². The molecule has 2 aromatic rings. The van der Waals surface area contributed by atoms with Gasteiger partial charge in [-0.2, -0.15) is 0 Å². The van der Waals surface area contributed by atoms with Gasteiger partial charge in [-0.1, -0.05) is 29.3 Å². The van der Waals surface area contributed by atoms with Crippen molar-refractivity contribution in [2.24, 2.45) is 0 Å². The lowest BCUT2D eigenvalue weighted by atomic mass is 9.99. The van der Waals surface area contributed by atoms with E-state index >= 15 is 0 Å². The molecule has 0 unspecified atom stereocenters. The van der Waals surface area contributed by atoms with E-state index in [1.165, 1.54) is 12.1 Å². The van der Waals surface area contributed by atoms with Gasteiger partial charge in [-0.3, -0.25) is 30.0 Å². The summed E-state index contributed by atoms with van der Waals surface area (Å²) in [6, 6.07) is 11.6. The summed E-state index contributed by atoms with van der Waals surface area (Å²) in [5, 5.41) is 0.480. The van der Waals surface area contributed by atoms with Crippen molar-refractivity contribution in [1.82, 2.24) is 10.9 Å². The zero-order chi connectivity index (χ0) is 21.4. The molecule has 0 aromatic heterocycles. The van der Waals surface area contributed by atoms with Crippen LogP contribution in [-0.2, 0) is 14.3 Å². The van der Waals surface area contributed by atoms with Crippen molar-refractivity contribution in [2.45, 2.75) is 26.7 Å². The zero-order valence-electron chi connectivity index (χ0n) is 16.1. The van der Waals surface area contributed by atoms with Gasteiger partial charge >= 0.3 is 5.97 Å². The first kappa shape index (κ1) is 22.1. The maximum Gasteiger partial charge on any atom is 0.306 e. The molecular weight excluding hydrogens is 396 g/mol. The summed E-state index contributed by atoms with van der Waals surface area (Å²) in [5.74, 6) is -2.09. The summed E-state index contributed by atoms with van der Waals surface area (Å²) in [7, 11) is 0. The Morgan fingerprint density at radius 3 is 2.31 bits per heavy atom. The Balaban J connectivity index is 1.71. The molecule has 0 aliphatic carbocycles. The van der Waals surface area contributed by atoms with Crippen LogP contribution < -0.4 is 10.9 Å². The van der Waals surface area contributed by atoms with E-state index < -0.39 is 24.4 Å². The Bertz CT molecular complexity index is 925. The third-order valence-corrected chi connectivity index (χ3v) is 4.29. The Morgan fingerprint density at radius 1 is 0.931 bits per heavy atom. The highest BCUT2D eigenvalue weighted by atomic mass is 35.5. The molecule has 7 nitrogen and oxygen atoms in total. The third kappa shape index (κ3) is 7.04. The predicted molar refractivity (Wildman–Crippen MR) is 108 cm³/mol. The summed E-state index contributed by atoms with van der Waals surface area (Å²) in [6.45, 7) is 3.14. The van der Waals surface area contributed by atoms with Crippen molar-refractivity contribution in [1.29, 1.82) is 0 Å². The molecule has 2 amide bonds. The fourth-order valence-corrected chi connectivity index (χ4v) is 2.57. The Morgan fingerprint density at radius 2 is 1.62 bits per heavy atom. The molecule has 2 aromatic carbocycles. The smallest absolute Gasteiger partial charge is 0.306 e. The minimum atomic E-state index is -0.707. The van der Waals surface area contributed by atoms with Gasteiger partial charge in [0, 0.05) is 22.6 Å².